The van der Waals surface area contributed by atoms with Crippen LogP contribution in [0, 0.1) is 11.7 Å². The fraction of sp³-hybridized carbons (Fsp3) is 0.577. The number of benzene rings is 1. The molecule has 0 radical (unpaired) electrons. The lowest BCUT2D eigenvalue weighted by atomic mass is 9.83. The van der Waals surface area contributed by atoms with Crippen molar-refractivity contribution >= 4 is 28.6 Å². The first kappa shape index (κ1) is 25.2. The summed E-state index contributed by atoms with van der Waals surface area (Å²) in [6, 6.07) is 5.50. The number of nitrogens with one attached hydrogen (secondary N) is 2. The minimum absolute atomic E-state index is 0.0546. The van der Waals surface area contributed by atoms with Crippen LogP contribution in [-0.2, 0) is 16.6 Å². The maximum absolute atomic E-state index is 13.7. The number of carbonyl (C=O) groups is 3. The van der Waals surface area contributed by atoms with Crippen molar-refractivity contribution in [1.29, 1.82) is 0 Å². The summed E-state index contributed by atoms with van der Waals surface area (Å²) in [7, 11) is 3.51. The SMILES string of the molecule is CNCC(=O)NC(C(=O)N1CCN(C(=O)c2cc3cc(F)ccc3n2C)C[C@H]1C)C1CCCCC1. The molecule has 190 valence electrons. The van der Waals surface area contributed by atoms with Gasteiger partial charge in [-0.05, 0) is 57.0 Å². The summed E-state index contributed by atoms with van der Waals surface area (Å²) in [6.45, 7) is 3.34. The van der Waals surface area contributed by atoms with E-state index in [0.717, 1.165) is 31.2 Å². The van der Waals surface area contributed by atoms with Gasteiger partial charge in [0, 0.05) is 43.6 Å². The lowest BCUT2D eigenvalue weighted by Gasteiger charge is -2.42. The van der Waals surface area contributed by atoms with E-state index in [-0.39, 0.29) is 42.0 Å². The zero-order valence-electron chi connectivity index (χ0n) is 20.8. The van der Waals surface area contributed by atoms with Crippen LogP contribution in [0.15, 0.2) is 24.3 Å². The zero-order chi connectivity index (χ0) is 25.1. The largest absolute Gasteiger partial charge is 0.343 e. The van der Waals surface area contributed by atoms with Crippen LogP contribution < -0.4 is 10.6 Å². The number of aromatic nitrogens is 1. The Kier molecular flexibility index (Phi) is 7.74. The van der Waals surface area contributed by atoms with Crippen LogP contribution in [-0.4, -0.2) is 77.4 Å². The number of amides is 3. The molecule has 1 aromatic heterocycles. The molecule has 1 aliphatic heterocycles. The second kappa shape index (κ2) is 10.8. The quantitative estimate of drug-likeness (QED) is 0.657. The Morgan fingerprint density at radius 2 is 1.86 bits per heavy atom. The minimum atomic E-state index is -0.533. The van der Waals surface area contributed by atoms with E-state index in [1.54, 1.807) is 35.7 Å². The Morgan fingerprint density at radius 3 is 2.54 bits per heavy atom. The molecule has 2 aliphatic rings. The van der Waals surface area contributed by atoms with Crippen LogP contribution in [0.1, 0.15) is 49.5 Å². The predicted molar refractivity (Wildman–Crippen MR) is 132 cm³/mol. The van der Waals surface area contributed by atoms with Crippen LogP contribution in [0.3, 0.4) is 0 Å². The molecule has 2 N–H and O–H groups in total. The van der Waals surface area contributed by atoms with E-state index in [0.29, 0.717) is 30.7 Å². The average Bonchev–Trinajstić information content (AvgIpc) is 3.17. The summed E-state index contributed by atoms with van der Waals surface area (Å²) in [5, 5.41) is 6.52. The Balaban J connectivity index is 1.47. The second-order valence-electron chi connectivity index (χ2n) is 9.90. The Bertz CT molecular complexity index is 1090. The van der Waals surface area contributed by atoms with Crippen LogP contribution in [0.5, 0.6) is 0 Å². The van der Waals surface area contributed by atoms with E-state index in [1.165, 1.54) is 18.6 Å². The lowest BCUT2D eigenvalue weighted by molar-refractivity contribution is -0.141. The van der Waals surface area contributed by atoms with Gasteiger partial charge in [-0.15, -0.1) is 0 Å². The number of aryl methyl sites for hydroxylation is 1. The number of likely N-dealkylation sites (N-methyl/N-ethyl adjacent to an activating group) is 1. The summed E-state index contributed by atoms with van der Waals surface area (Å²) in [5.74, 6) is -0.558. The van der Waals surface area contributed by atoms with Crippen molar-refractivity contribution in [3.8, 4) is 0 Å². The summed E-state index contributed by atoms with van der Waals surface area (Å²) < 4.78 is 15.4. The first-order chi connectivity index (χ1) is 16.8. The highest BCUT2D eigenvalue weighted by molar-refractivity contribution is 5.99. The molecule has 0 bridgehead atoms. The van der Waals surface area contributed by atoms with Crippen molar-refractivity contribution in [1.82, 2.24) is 25.0 Å². The fourth-order valence-electron chi connectivity index (χ4n) is 5.57. The number of hydrogen-bond acceptors (Lipinski definition) is 4. The molecule has 1 saturated carbocycles. The van der Waals surface area contributed by atoms with Crippen LogP contribution >= 0.6 is 0 Å². The molecule has 0 spiro atoms. The molecule has 2 aromatic rings. The van der Waals surface area contributed by atoms with Crippen molar-refractivity contribution in [2.75, 3.05) is 33.2 Å². The van der Waals surface area contributed by atoms with Crippen LogP contribution in [0.25, 0.3) is 10.9 Å². The standard InChI is InChI=1S/C26H36FN5O3/c1-17-16-31(25(34)22-14-19-13-20(27)9-10-21(19)30(22)3)11-12-32(17)26(35)24(29-23(33)15-28-2)18-7-5-4-6-8-18/h9-10,13-14,17-18,24,28H,4-8,11-12,15-16H2,1-3H3,(H,29,33)/t17-,24?/m1/s1. The number of nitrogens with zero attached hydrogens (tertiary/aromatic N) is 3. The van der Waals surface area contributed by atoms with Crippen molar-refractivity contribution < 1.29 is 18.8 Å². The number of hydrogen-bond donors (Lipinski definition) is 2. The van der Waals surface area contributed by atoms with E-state index >= 15 is 0 Å². The van der Waals surface area contributed by atoms with Gasteiger partial charge in [-0.2, -0.15) is 0 Å². The van der Waals surface area contributed by atoms with Gasteiger partial charge in [0.15, 0.2) is 0 Å². The first-order valence-electron chi connectivity index (χ1n) is 12.6. The molecule has 1 saturated heterocycles. The monoisotopic (exact) mass is 485 g/mol. The topological polar surface area (TPSA) is 86.7 Å². The van der Waals surface area contributed by atoms with Gasteiger partial charge < -0.3 is 25.0 Å². The van der Waals surface area contributed by atoms with Gasteiger partial charge in [0.1, 0.15) is 17.6 Å². The lowest BCUT2D eigenvalue weighted by Crippen LogP contribution is -2.61. The Labute approximate surface area is 205 Å². The summed E-state index contributed by atoms with van der Waals surface area (Å²) in [4.78, 5) is 42.9. The summed E-state index contributed by atoms with van der Waals surface area (Å²) >= 11 is 0. The molecule has 9 heteroatoms. The predicted octanol–water partition coefficient (Wildman–Crippen LogP) is 2.27. The Hall–Kier alpha value is -2.94. The number of fused-ring (bicyclic) bond motifs is 1. The van der Waals surface area contributed by atoms with Crippen molar-refractivity contribution in [2.24, 2.45) is 13.0 Å². The third-order valence-electron chi connectivity index (χ3n) is 7.46. The number of halogens is 1. The van der Waals surface area contributed by atoms with E-state index in [1.807, 2.05) is 11.8 Å². The van der Waals surface area contributed by atoms with Gasteiger partial charge in [-0.1, -0.05) is 19.3 Å². The van der Waals surface area contributed by atoms with Gasteiger partial charge >= 0.3 is 0 Å². The van der Waals surface area contributed by atoms with Crippen molar-refractivity contribution in [3.05, 3.63) is 35.8 Å². The summed E-state index contributed by atoms with van der Waals surface area (Å²) in [5.41, 5.74) is 1.29. The normalized spacial score (nSPS) is 20.2. The number of carbonyl (C=O) groups excluding carboxylic acids is 3. The molecule has 35 heavy (non-hydrogen) atoms. The molecule has 1 unspecified atom stereocenters. The highest BCUT2D eigenvalue weighted by Gasteiger charge is 2.38. The van der Waals surface area contributed by atoms with E-state index in [2.05, 4.69) is 10.6 Å². The molecular formula is C26H36FN5O3. The molecule has 1 aliphatic carbocycles. The number of piperazine rings is 1. The van der Waals surface area contributed by atoms with Crippen LogP contribution in [0.4, 0.5) is 4.39 Å². The van der Waals surface area contributed by atoms with Crippen molar-refractivity contribution in [3.63, 3.8) is 0 Å². The third kappa shape index (κ3) is 5.34. The molecule has 1 aromatic carbocycles. The van der Waals surface area contributed by atoms with Crippen LogP contribution in [0.2, 0.25) is 0 Å². The van der Waals surface area contributed by atoms with Gasteiger partial charge in [-0.25, -0.2) is 4.39 Å². The van der Waals surface area contributed by atoms with E-state index < -0.39 is 6.04 Å². The fourth-order valence-corrected chi connectivity index (χ4v) is 5.57. The van der Waals surface area contributed by atoms with Gasteiger partial charge in [0.25, 0.3) is 5.91 Å². The highest BCUT2D eigenvalue weighted by Crippen LogP contribution is 2.29. The Morgan fingerprint density at radius 1 is 1.11 bits per heavy atom. The summed E-state index contributed by atoms with van der Waals surface area (Å²) in [6.07, 6.45) is 5.18. The van der Waals surface area contributed by atoms with Gasteiger partial charge in [-0.3, -0.25) is 14.4 Å². The zero-order valence-corrected chi connectivity index (χ0v) is 20.8. The van der Waals surface area contributed by atoms with E-state index in [9.17, 15) is 18.8 Å². The second-order valence-corrected chi connectivity index (χ2v) is 9.90. The first-order valence-corrected chi connectivity index (χ1v) is 12.6. The smallest absolute Gasteiger partial charge is 0.270 e. The minimum Gasteiger partial charge on any atom is -0.343 e. The maximum Gasteiger partial charge on any atom is 0.270 e. The highest BCUT2D eigenvalue weighted by atomic mass is 19.1. The molecular weight excluding hydrogens is 449 g/mol. The maximum atomic E-state index is 13.7. The number of rotatable bonds is 6. The van der Waals surface area contributed by atoms with Gasteiger partial charge in [0.05, 0.1) is 6.54 Å². The molecule has 2 atom stereocenters. The molecule has 2 fully saturated rings. The molecule has 8 nitrogen and oxygen atoms in total. The van der Waals surface area contributed by atoms with Gasteiger partial charge in [0.2, 0.25) is 11.8 Å². The van der Waals surface area contributed by atoms with E-state index in [4.69, 9.17) is 0 Å². The molecule has 2 heterocycles. The third-order valence-corrected chi connectivity index (χ3v) is 7.46. The molecule has 4 rings (SSSR count). The van der Waals surface area contributed by atoms with Crippen molar-refractivity contribution in [2.45, 2.75) is 51.1 Å². The molecule has 3 amide bonds. The average molecular weight is 486 g/mol.